The van der Waals surface area contributed by atoms with Crippen LogP contribution in [-0.2, 0) is 6.54 Å². The summed E-state index contributed by atoms with van der Waals surface area (Å²) in [6, 6.07) is 7.50. The van der Waals surface area contributed by atoms with E-state index in [9.17, 15) is 9.59 Å². The summed E-state index contributed by atoms with van der Waals surface area (Å²) in [7, 11) is 1.61. The summed E-state index contributed by atoms with van der Waals surface area (Å²) in [6.07, 6.45) is 9.69. The molecule has 0 saturated heterocycles. The van der Waals surface area contributed by atoms with Crippen LogP contribution in [0.15, 0.2) is 38.6 Å². The molecule has 0 bridgehead atoms. The molecule has 0 aliphatic rings. The van der Waals surface area contributed by atoms with E-state index in [-0.39, 0.29) is 17.0 Å². The largest absolute Gasteiger partial charge is 0.497 e. The zero-order valence-corrected chi connectivity index (χ0v) is 20.9. The number of ether oxygens (including phenoxy) is 1. The predicted octanol–water partition coefficient (Wildman–Crippen LogP) is 4.85. The number of methoxy groups -OCH3 is 1. The van der Waals surface area contributed by atoms with E-state index < -0.39 is 11.1 Å². The Morgan fingerprint density at radius 2 is 1.67 bits per heavy atom. The fraction of sp³-hybridized carbons (Fsp3) is 0.500. The van der Waals surface area contributed by atoms with Gasteiger partial charge >= 0.3 is 5.56 Å². The Morgan fingerprint density at radius 3 is 2.33 bits per heavy atom. The van der Waals surface area contributed by atoms with Crippen molar-refractivity contribution >= 4 is 32.9 Å². The van der Waals surface area contributed by atoms with Gasteiger partial charge in [-0.05, 0) is 40.0 Å². The van der Waals surface area contributed by atoms with Gasteiger partial charge in [0.1, 0.15) is 11.3 Å². The minimum atomic E-state index is -0.545. The molecule has 0 unspecified atom stereocenters. The molecule has 0 spiro atoms. The lowest BCUT2D eigenvalue weighted by Gasteiger charge is -2.06. The van der Waals surface area contributed by atoms with Gasteiger partial charge in [0, 0.05) is 6.54 Å². The van der Waals surface area contributed by atoms with Gasteiger partial charge in [0.2, 0.25) is 5.95 Å². The molecule has 178 valence electrons. The Hall–Kier alpha value is -2.68. The Bertz CT molecular complexity index is 1160. The number of benzene rings is 1. The van der Waals surface area contributed by atoms with Crippen LogP contribution in [0.5, 0.6) is 5.75 Å². The number of nitrogens with one attached hydrogen (secondary N) is 2. The van der Waals surface area contributed by atoms with Gasteiger partial charge in [-0.15, -0.1) is 0 Å². The number of halogens is 1. The van der Waals surface area contributed by atoms with Crippen molar-refractivity contribution in [2.24, 2.45) is 0 Å². The van der Waals surface area contributed by atoms with E-state index in [0.717, 1.165) is 24.2 Å². The molecule has 3 aromatic rings. The van der Waals surface area contributed by atoms with Crippen LogP contribution in [0.25, 0.3) is 11.0 Å². The van der Waals surface area contributed by atoms with E-state index in [4.69, 9.17) is 4.74 Å². The van der Waals surface area contributed by atoms with Gasteiger partial charge in [0.05, 0.1) is 13.7 Å². The molecular weight excluding hydrogens is 486 g/mol. The van der Waals surface area contributed by atoms with Gasteiger partial charge in [-0.1, -0.05) is 64.0 Å². The maximum absolute atomic E-state index is 13.0. The second-order valence-corrected chi connectivity index (χ2v) is 8.84. The molecule has 33 heavy (non-hydrogen) atoms. The van der Waals surface area contributed by atoms with Gasteiger partial charge < -0.3 is 14.6 Å². The molecule has 0 fully saturated rings. The Morgan fingerprint density at radius 1 is 1.00 bits per heavy atom. The monoisotopic (exact) mass is 517 g/mol. The second kappa shape index (κ2) is 12.5. The number of rotatable bonds is 13. The van der Waals surface area contributed by atoms with Gasteiger partial charge in [0.25, 0.3) is 5.56 Å². The minimum Gasteiger partial charge on any atom is -0.497 e. The highest BCUT2D eigenvalue weighted by Gasteiger charge is 2.16. The number of hydrogen-bond donors (Lipinski definition) is 2. The van der Waals surface area contributed by atoms with Crippen molar-refractivity contribution in [3.63, 3.8) is 0 Å². The normalized spacial score (nSPS) is 11.1. The van der Waals surface area contributed by atoms with Gasteiger partial charge in [-0.25, -0.2) is 4.98 Å². The van der Waals surface area contributed by atoms with Crippen LogP contribution in [0, 0.1) is 0 Å². The SMILES string of the molecule is CCCCCCCCCCNc1nc(=O)c2nc(Br)n(Cc3ccc(OC)cc3)c2c(=O)[nH]1. The number of aromatic nitrogens is 4. The number of aromatic amines is 1. The number of imidazole rings is 1. The van der Waals surface area contributed by atoms with Crippen LogP contribution >= 0.6 is 15.9 Å². The summed E-state index contributed by atoms with van der Waals surface area (Å²) >= 11 is 3.38. The standard InChI is InChI=1S/C24H32BrN5O3/c1-3-4-5-6-7-8-9-10-15-26-24-28-21(31)19-20(22(32)29-24)30(23(25)27-19)16-17-11-13-18(33-2)14-12-17/h11-14H,3-10,15-16H2,1-2H3,(H2,26,28,29,31,32). The lowest BCUT2D eigenvalue weighted by atomic mass is 10.1. The highest BCUT2D eigenvalue weighted by Crippen LogP contribution is 2.19. The first kappa shape index (κ1) is 25.0. The first-order valence-electron chi connectivity index (χ1n) is 11.6. The maximum atomic E-state index is 13.0. The van der Waals surface area contributed by atoms with Crippen molar-refractivity contribution in [3.8, 4) is 5.75 Å². The lowest BCUT2D eigenvalue weighted by molar-refractivity contribution is 0.414. The molecule has 0 aliphatic heterocycles. The fourth-order valence-electron chi connectivity index (χ4n) is 3.76. The fourth-order valence-corrected chi connectivity index (χ4v) is 4.24. The third kappa shape index (κ3) is 6.90. The number of unbranched alkanes of at least 4 members (excludes halogenated alkanes) is 7. The molecule has 2 aromatic heterocycles. The van der Waals surface area contributed by atoms with Gasteiger partial charge in [-0.3, -0.25) is 14.6 Å². The smallest absolute Gasteiger partial charge is 0.301 e. The zero-order valence-electron chi connectivity index (χ0n) is 19.3. The van der Waals surface area contributed by atoms with Crippen molar-refractivity contribution in [1.82, 2.24) is 19.5 Å². The molecule has 2 heterocycles. The molecule has 9 heteroatoms. The number of hydrogen-bond acceptors (Lipinski definition) is 6. The summed E-state index contributed by atoms with van der Waals surface area (Å²) in [5.41, 5.74) is 0.211. The van der Waals surface area contributed by atoms with Crippen LogP contribution in [0.4, 0.5) is 5.95 Å². The van der Waals surface area contributed by atoms with E-state index in [1.54, 1.807) is 11.7 Å². The van der Waals surface area contributed by atoms with Crippen molar-refractivity contribution in [3.05, 3.63) is 55.3 Å². The van der Waals surface area contributed by atoms with Crippen LogP contribution < -0.4 is 21.2 Å². The van der Waals surface area contributed by atoms with E-state index in [2.05, 4.69) is 43.1 Å². The zero-order chi connectivity index (χ0) is 23.6. The van der Waals surface area contributed by atoms with E-state index in [0.29, 0.717) is 17.8 Å². The van der Waals surface area contributed by atoms with Crippen LogP contribution in [0.3, 0.4) is 0 Å². The molecular formula is C24H32BrN5O3. The molecule has 1 aromatic carbocycles. The van der Waals surface area contributed by atoms with Crippen molar-refractivity contribution in [1.29, 1.82) is 0 Å². The van der Waals surface area contributed by atoms with Crippen molar-refractivity contribution in [2.75, 3.05) is 19.0 Å². The Kier molecular flexibility index (Phi) is 9.47. The lowest BCUT2D eigenvalue weighted by Crippen LogP contribution is -2.13. The highest BCUT2D eigenvalue weighted by atomic mass is 79.9. The summed E-state index contributed by atoms with van der Waals surface area (Å²) in [4.78, 5) is 36.7. The third-order valence-corrected chi connectivity index (χ3v) is 6.21. The second-order valence-electron chi connectivity index (χ2n) is 8.13. The molecule has 0 radical (unpaired) electrons. The highest BCUT2D eigenvalue weighted by molar-refractivity contribution is 9.10. The first-order chi connectivity index (χ1) is 16.0. The number of nitrogens with zero attached hydrogens (tertiary/aromatic N) is 3. The summed E-state index contributed by atoms with van der Waals surface area (Å²) < 4.78 is 7.26. The van der Waals surface area contributed by atoms with Crippen LogP contribution in [0.1, 0.15) is 63.9 Å². The van der Waals surface area contributed by atoms with Crippen molar-refractivity contribution < 1.29 is 4.74 Å². The number of H-pyrrole nitrogens is 1. The molecule has 0 aliphatic carbocycles. The van der Waals surface area contributed by atoms with Gasteiger partial charge in [0.15, 0.2) is 10.3 Å². The van der Waals surface area contributed by atoms with Crippen molar-refractivity contribution in [2.45, 2.75) is 64.8 Å². The maximum Gasteiger partial charge on any atom is 0.301 e. The van der Waals surface area contributed by atoms with E-state index >= 15 is 0 Å². The predicted molar refractivity (Wildman–Crippen MR) is 135 cm³/mol. The van der Waals surface area contributed by atoms with Crippen LogP contribution in [0.2, 0.25) is 0 Å². The minimum absolute atomic E-state index is 0.0387. The average molecular weight is 518 g/mol. The molecule has 3 rings (SSSR count). The summed E-state index contributed by atoms with van der Waals surface area (Å²) in [5, 5.41) is 3.09. The third-order valence-electron chi connectivity index (χ3n) is 5.61. The molecule has 0 saturated carbocycles. The molecule has 0 amide bonds. The molecule has 2 N–H and O–H groups in total. The summed E-state index contributed by atoms with van der Waals surface area (Å²) in [5.74, 6) is 0.925. The number of fused-ring (bicyclic) bond motifs is 1. The quantitative estimate of drug-likeness (QED) is 0.314. The first-order valence-corrected chi connectivity index (χ1v) is 12.4. The summed E-state index contributed by atoms with van der Waals surface area (Å²) in [6.45, 7) is 3.24. The van der Waals surface area contributed by atoms with E-state index in [1.807, 2.05) is 24.3 Å². The van der Waals surface area contributed by atoms with E-state index in [1.165, 1.54) is 38.5 Å². The number of anilines is 1. The Balaban J connectivity index is 1.69. The van der Waals surface area contributed by atoms with Gasteiger partial charge in [-0.2, -0.15) is 4.98 Å². The Labute approximate surface area is 201 Å². The van der Waals surface area contributed by atoms with Crippen LogP contribution in [-0.4, -0.2) is 33.2 Å². The molecule has 0 atom stereocenters. The average Bonchev–Trinajstić information content (AvgIpc) is 3.08. The topological polar surface area (TPSA) is 102 Å². The molecule has 8 nitrogen and oxygen atoms in total.